The summed E-state index contributed by atoms with van der Waals surface area (Å²) >= 11 is 10.8. The van der Waals surface area contributed by atoms with Crippen molar-refractivity contribution in [1.29, 1.82) is 0 Å². The average molecular weight is 611 g/mol. The van der Waals surface area contributed by atoms with E-state index in [1.807, 2.05) is 24.3 Å². The highest BCUT2D eigenvalue weighted by atomic mass is 79.9. The average Bonchev–Trinajstić information content (AvgIpc) is 3.43. The van der Waals surface area contributed by atoms with E-state index in [4.69, 9.17) is 21.1 Å². The largest absolute Gasteiger partial charge is 0.491 e. The first-order chi connectivity index (χ1) is 18.4. The number of fused-ring (bicyclic) bond motifs is 1. The Balaban J connectivity index is 1.64. The van der Waals surface area contributed by atoms with Crippen LogP contribution in [0.25, 0.3) is 10.4 Å². The number of rotatable bonds is 9. The summed E-state index contributed by atoms with van der Waals surface area (Å²) in [7, 11) is 1.61. The van der Waals surface area contributed by atoms with E-state index in [1.165, 1.54) is 11.3 Å². The number of benzene rings is 3. The summed E-state index contributed by atoms with van der Waals surface area (Å²) in [5, 5.41) is 1.13. The lowest BCUT2D eigenvalue weighted by molar-refractivity contribution is 0.0927. The van der Waals surface area contributed by atoms with Gasteiger partial charge in [-0.25, -0.2) is 4.90 Å². The van der Waals surface area contributed by atoms with Crippen LogP contribution < -0.4 is 9.64 Å². The van der Waals surface area contributed by atoms with Gasteiger partial charge in [-0.1, -0.05) is 39.7 Å². The predicted molar refractivity (Wildman–Crippen MR) is 152 cm³/mol. The SMILES string of the molecule is COCCOc1ccc(-c2sc(N3C(=O)c4ccccc4C3=O)c(C(=O)c3ccc(Cl)cc3)c2CBr)cc1. The van der Waals surface area contributed by atoms with Gasteiger partial charge in [-0.05, 0) is 71.8 Å². The first-order valence-electron chi connectivity index (χ1n) is 11.7. The van der Waals surface area contributed by atoms with E-state index >= 15 is 0 Å². The monoisotopic (exact) mass is 609 g/mol. The topological polar surface area (TPSA) is 72.9 Å². The van der Waals surface area contributed by atoms with Gasteiger partial charge in [0.15, 0.2) is 5.78 Å². The number of methoxy groups -OCH3 is 1. The Morgan fingerprint density at radius 1 is 0.921 bits per heavy atom. The molecule has 0 saturated heterocycles. The van der Waals surface area contributed by atoms with Crippen LogP contribution in [-0.2, 0) is 10.1 Å². The van der Waals surface area contributed by atoms with Crippen LogP contribution in [0.3, 0.4) is 0 Å². The molecule has 0 spiro atoms. The molecule has 192 valence electrons. The molecule has 0 aliphatic carbocycles. The number of carbonyl (C=O) groups is 3. The van der Waals surface area contributed by atoms with Gasteiger partial charge in [0.05, 0.1) is 23.3 Å². The van der Waals surface area contributed by atoms with Gasteiger partial charge in [-0.2, -0.15) is 0 Å². The molecule has 6 nitrogen and oxygen atoms in total. The number of anilines is 1. The van der Waals surface area contributed by atoms with Crippen molar-refractivity contribution in [2.45, 2.75) is 5.33 Å². The van der Waals surface area contributed by atoms with E-state index < -0.39 is 11.8 Å². The van der Waals surface area contributed by atoms with Gasteiger partial charge >= 0.3 is 0 Å². The van der Waals surface area contributed by atoms with Crippen molar-refractivity contribution < 1.29 is 23.9 Å². The van der Waals surface area contributed by atoms with E-state index in [-0.39, 0.29) is 5.78 Å². The molecule has 38 heavy (non-hydrogen) atoms. The number of ketones is 1. The molecule has 0 atom stereocenters. The van der Waals surface area contributed by atoms with Gasteiger partial charge in [0.25, 0.3) is 11.8 Å². The van der Waals surface area contributed by atoms with Crippen LogP contribution in [0.15, 0.2) is 72.8 Å². The van der Waals surface area contributed by atoms with Crippen LogP contribution in [0.1, 0.15) is 42.2 Å². The predicted octanol–water partition coefficient (Wildman–Crippen LogP) is 7.02. The molecule has 9 heteroatoms. The standard InChI is InChI=1S/C29H21BrClNO5S/c1-36-14-15-37-20-12-8-18(9-13-20)26-23(16-30)24(25(33)17-6-10-19(31)11-7-17)29(38-26)32-27(34)21-4-2-3-5-22(21)28(32)35/h2-13H,14-16H2,1H3. The van der Waals surface area contributed by atoms with Crippen molar-refractivity contribution in [2.24, 2.45) is 0 Å². The van der Waals surface area contributed by atoms with E-state index in [9.17, 15) is 14.4 Å². The molecule has 0 saturated carbocycles. The Kier molecular flexibility index (Phi) is 7.76. The second-order valence-corrected chi connectivity index (χ2v) is 10.4. The summed E-state index contributed by atoms with van der Waals surface area (Å²) in [6, 6.07) is 20.7. The number of amides is 2. The summed E-state index contributed by atoms with van der Waals surface area (Å²) < 4.78 is 10.7. The summed E-state index contributed by atoms with van der Waals surface area (Å²) in [6.07, 6.45) is 0. The summed E-state index contributed by atoms with van der Waals surface area (Å²) in [5.41, 5.74) is 2.86. The van der Waals surface area contributed by atoms with Crippen LogP contribution in [0.4, 0.5) is 5.00 Å². The third-order valence-electron chi connectivity index (χ3n) is 6.13. The fraction of sp³-hybridized carbons (Fsp3) is 0.138. The van der Waals surface area contributed by atoms with Crippen molar-refractivity contribution in [3.8, 4) is 16.2 Å². The van der Waals surface area contributed by atoms with Gasteiger partial charge in [0.1, 0.15) is 17.4 Å². The number of ether oxygens (including phenoxy) is 2. The first-order valence-corrected chi connectivity index (χ1v) is 14.0. The Morgan fingerprint density at radius 2 is 1.55 bits per heavy atom. The van der Waals surface area contributed by atoms with Gasteiger partial charge in [0.2, 0.25) is 0 Å². The number of alkyl halides is 1. The molecule has 2 heterocycles. The third-order valence-corrected chi connectivity index (χ3v) is 8.20. The van der Waals surface area contributed by atoms with Gasteiger partial charge < -0.3 is 9.47 Å². The van der Waals surface area contributed by atoms with E-state index in [0.29, 0.717) is 62.1 Å². The van der Waals surface area contributed by atoms with Crippen LogP contribution in [0.2, 0.25) is 5.02 Å². The van der Waals surface area contributed by atoms with Crippen molar-refractivity contribution >= 4 is 61.5 Å². The highest BCUT2D eigenvalue weighted by molar-refractivity contribution is 9.08. The zero-order chi connectivity index (χ0) is 26.8. The number of thiophene rings is 1. The number of carbonyl (C=O) groups excluding carboxylic acids is 3. The minimum atomic E-state index is -0.452. The minimum Gasteiger partial charge on any atom is -0.491 e. The number of halogens is 2. The third kappa shape index (κ3) is 4.80. The maximum atomic E-state index is 13.9. The van der Waals surface area contributed by atoms with Crippen molar-refractivity contribution in [3.63, 3.8) is 0 Å². The Morgan fingerprint density at radius 3 is 2.13 bits per heavy atom. The summed E-state index contributed by atoms with van der Waals surface area (Å²) in [5.74, 6) is -0.524. The van der Waals surface area contributed by atoms with Gasteiger partial charge in [-0.15, -0.1) is 11.3 Å². The molecular formula is C29H21BrClNO5S. The van der Waals surface area contributed by atoms with E-state index in [2.05, 4.69) is 15.9 Å². The molecule has 3 aromatic carbocycles. The zero-order valence-corrected chi connectivity index (χ0v) is 23.4. The number of hydrogen-bond acceptors (Lipinski definition) is 6. The number of hydrogen-bond donors (Lipinski definition) is 0. The van der Waals surface area contributed by atoms with Crippen molar-refractivity contribution in [1.82, 2.24) is 0 Å². The summed E-state index contributed by atoms with van der Waals surface area (Å²) in [6.45, 7) is 0.894. The van der Waals surface area contributed by atoms with Crippen LogP contribution in [-0.4, -0.2) is 37.9 Å². The fourth-order valence-electron chi connectivity index (χ4n) is 4.27. The molecule has 1 aromatic heterocycles. The molecule has 0 N–H and O–H groups in total. The van der Waals surface area contributed by atoms with E-state index in [0.717, 1.165) is 15.3 Å². The highest BCUT2D eigenvalue weighted by Gasteiger charge is 2.40. The lowest BCUT2D eigenvalue weighted by atomic mass is 9.99. The lowest BCUT2D eigenvalue weighted by Crippen LogP contribution is -2.30. The Labute approximate surface area is 236 Å². The van der Waals surface area contributed by atoms with Crippen LogP contribution in [0, 0.1) is 0 Å². The molecule has 0 radical (unpaired) electrons. The van der Waals surface area contributed by atoms with Crippen molar-refractivity contribution in [2.75, 3.05) is 25.2 Å². The molecule has 4 aromatic rings. The molecule has 0 unspecified atom stereocenters. The molecule has 2 amide bonds. The molecule has 5 rings (SSSR count). The normalized spacial score (nSPS) is 12.7. The smallest absolute Gasteiger partial charge is 0.266 e. The molecule has 0 bridgehead atoms. The summed E-state index contributed by atoms with van der Waals surface area (Å²) in [4.78, 5) is 42.6. The van der Waals surface area contributed by atoms with Crippen LogP contribution >= 0.6 is 38.9 Å². The number of nitrogens with zero attached hydrogens (tertiary/aromatic N) is 1. The minimum absolute atomic E-state index is 0.293. The molecular weight excluding hydrogens is 590 g/mol. The Bertz CT molecular complexity index is 1500. The maximum Gasteiger partial charge on any atom is 0.266 e. The second-order valence-electron chi connectivity index (χ2n) is 8.42. The van der Waals surface area contributed by atoms with Crippen molar-refractivity contribution in [3.05, 3.63) is 106 Å². The molecule has 0 fully saturated rings. The Hall–Kier alpha value is -3.30. The van der Waals surface area contributed by atoms with Gasteiger partial charge in [-0.3, -0.25) is 14.4 Å². The molecule has 1 aliphatic heterocycles. The first kappa shape index (κ1) is 26.3. The van der Waals surface area contributed by atoms with E-state index in [1.54, 1.807) is 55.6 Å². The quantitative estimate of drug-likeness (QED) is 0.0882. The maximum absolute atomic E-state index is 13.9. The lowest BCUT2D eigenvalue weighted by Gasteiger charge is -2.14. The highest BCUT2D eigenvalue weighted by Crippen LogP contribution is 2.46. The number of imide groups is 1. The molecule has 1 aliphatic rings. The fourth-order valence-corrected chi connectivity index (χ4v) is 6.46. The van der Waals surface area contributed by atoms with Crippen LogP contribution in [0.5, 0.6) is 5.75 Å². The van der Waals surface area contributed by atoms with Gasteiger partial charge in [0, 0.05) is 27.9 Å². The second kappa shape index (κ2) is 11.2. The zero-order valence-electron chi connectivity index (χ0n) is 20.2.